The molecule has 7 N–H and O–H groups in total. The van der Waals surface area contributed by atoms with Crippen LogP contribution >= 0.6 is 0 Å². The first-order valence-electron chi connectivity index (χ1n) is 10.5. The summed E-state index contributed by atoms with van der Waals surface area (Å²) in [7, 11) is 0. The molecule has 0 unspecified atom stereocenters. The van der Waals surface area contributed by atoms with Gasteiger partial charge in [-0.25, -0.2) is 15.0 Å². The van der Waals surface area contributed by atoms with Gasteiger partial charge in [-0.3, -0.25) is 9.69 Å². The lowest BCUT2D eigenvalue weighted by atomic mass is 10.1. The number of nitrogens with one attached hydrogen (secondary N) is 3. The van der Waals surface area contributed by atoms with E-state index in [1.165, 1.54) is 0 Å². The Kier molecular flexibility index (Phi) is 5.12. The molecule has 0 atom stereocenters. The number of aromatic nitrogens is 5. The van der Waals surface area contributed by atoms with Gasteiger partial charge < -0.3 is 21.8 Å². The number of fused-ring (bicyclic) bond motifs is 1. The third-order valence-corrected chi connectivity index (χ3v) is 5.66. The van der Waals surface area contributed by atoms with E-state index in [2.05, 4.69) is 36.2 Å². The van der Waals surface area contributed by atoms with Crippen LogP contribution in [0.1, 0.15) is 23.2 Å². The predicted molar refractivity (Wildman–Crippen MR) is 121 cm³/mol. The van der Waals surface area contributed by atoms with Gasteiger partial charge in [0.1, 0.15) is 11.2 Å². The maximum Gasteiger partial charge on any atom is 0.274 e. The Bertz CT molecular complexity index is 1240. The second-order valence-electron chi connectivity index (χ2n) is 7.85. The summed E-state index contributed by atoms with van der Waals surface area (Å²) in [6.07, 6.45) is 5.53. The number of aromatic amines is 2. The minimum absolute atomic E-state index is 0.290. The fraction of sp³-hybridized carbons (Fsp3) is 0.227. The molecule has 1 aliphatic heterocycles. The van der Waals surface area contributed by atoms with Gasteiger partial charge in [0.2, 0.25) is 11.9 Å². The molecule has 1 amide bonds. The van der Waals surface area contributed by atoms with E-state index < -0.39 is 5.91 Å². The third kappa shape index (κ3) is 3.95. The standard InChI is InChI=1S/C22H23N9O/c23-15-7-9-31(10-8-15)17-6-3-14(11-25-17)18-19-21(27-12-26-19)30-22(29-18)28-16-4-1-13(2-5-16)20(24)32/h1-6,11-12,15H,7-10,23H2,(H2,24,32)(H2,26,27,28,29,30)/p+1. The smallest absolute Gasteiger partial charge is 0.274 e. The predicted octanol–water partition coefficient (Wildman–Crippen LogP) is 1.60. The summed E-state index contributed by atoms with van der Waals surface area (Å²) in [5.41, 5.74) is 15.4. The number of benzene rings is 1. The van der Waals surface area contributed by atoms with Gasteiger partial charge in [-0.15, -0.1) is 0 Å². The number of piperidine rings is 1. The highest BCUT2D eigenvalue weighted by molar-refractivity contribution is 5.93. The monoisotopic (exact) mass is 430 g/mol. The van der Waals surface area contributed by atoms with Crippen LogP contribution in [0.25, 0.3) is 22.4 Å². The number of carbonyl (C=O) groups excluding carboxylic acids is 1. The molecular formula is C22H24N9O+. The van der Waals surface area contributed by atoms with Gasteiger partial charge in [0.25, 0.3) is 5.82 Å². The molecule has 10 heteroatoms. The van der Waals surface area contributed by atoms with Crippen molar-refractivity contribution in [2.45, 2.75) is 18.9 Å². The van der Waals surface area contributed by atoms with E-state index in [1.807, 2.05) is 12.3 Å². The molecule has 5 rings (SSSR count). The van der Waals surface area contributed by atoms with Crippen molar-refractivity contribution in [3.8, 4) is 11.3 Å². The molecule has 1 aliphatic rings. The topological polar surface area (TPSA) is 153 Å². The molecule has 3 aromatic heterocycles. The number of pyridine rings is 1. The van der Waals surface area contributed by atoms with E-state index in [9.17, 15) is 4.79 Å². The number of H-pyrrole nitrogens is 2. The number of hydrogen-bond donors (Lipinski definition) is 4. The highest BCUT2D eigenvalue weighted by Crippen LogP contribution is 2.26. The second-order valence-corrected chi connectivity index (χ2v) is 7.85. The average Bonchev–Trinajstić information content (AvgIpc) is 3.28. The lowest BCUT2D eigenvalue weighted by Gasteiger charge is -2.25. The molecule has 1 aromatic carbocycles. The van der Waals surface area contributed by atoms with E-state index in [0.717, 1.165) is 54.2 Å². The maximum atomic E-state index is 11.3. The molecule has 162 valence electrons. The summed E-state index contributed by atoms with van der Waals surface area (Å²) in [4.78, 5) is 33.6. The summed E-state index contributed by atoms with van der Waals surface area (Å²) in [5.74, 6) is 0.990. The first kappa shape index (κ1) is 19.9. The van der Waals surface area contributed by atoms with Crippen LogP contribution in [-0.4, -0.2) is 45.0 Å². The number of nitrogens with two attached hydrogens (primary N) is 2. The number of nitrogens with zero attached hydrogens (tertiary/aromatic N) is 4. The van der Waals surface area contributed by atoms with Crippen LogP contribution in [0, 0.1) is 0 Å². The van der Waals surface area contributed by atoms with Gasteiger partial charge in [0.15, 0.2) is 5.65 Å². The Balaban J connectivity index is 1.43. The number of carbonyl (C=O) groups is 1. The van der Waals surface area contributed by atoms with Crippen molar-refractivity contribution in [1.82, 2.24) is 19.9 Å². The molecule has 4 aromatic rings. The van der Waals surface area contributed by atoms with Gasteiger partial charge in [-0.1, -0.05) is 0 Å². The quantitative estimate of drug-likeness (QED) is 0.375. The number of imidazole rings is 1. The molecule has 0 aliphatic carbocycles. The molecule has 4 heterocycles. The van der Waals surface area contributed by atoms with Crippen molar-refractivity contribution in [3.63, 3.8) is 0 Å². The van der Waals surface area contributed by atoms with Crippen molar-refractivity contribution in [1.29, 1.82) is 0 Å². The summed E-state index contributed by atoms with van der Waals surface area (Å²) in [6.45, 7) is 1.88. The molecule has 1 fully saturated rings. The number of anilines is 3. The van der Waals surface area contributed by atoms with Crippen molar-refractivity contribution in [2.24, 2.45) is 11.5 Å². The van der Waals surface area contributed by atoms with Gasteiger partial charge >= 0.3 is 0 Å². The zero-order chi connectivity index (χ0) is 22.1. The second kappa shape index (κ2) is 8.23. The van der Waals surface area contributed by atoms with Crippen LogP contribution in [0.5, 0.6) is 0 Å². The molecule has 1 saturated heterocycles. The van der Waals surface area contributed by atoms with Crippen LogP contribution in [0.3, 0.4) is 0 Å². The third-order valence-electron chi connectivity index (χ3n) is 5.66. The summed E-state index contributed by atoms with van der Waals surface area (Å²) in [6, 6.07) is 11.2. The number of hydrogen-bond acceptors (Lipinski definition) is 7. The van der Waals surface area contributed by atoms with Crippen molar-refractivity contribution in [3.05, 3.63) is 54.5 Å². The fourth-order valence-electron chi connectivity index (χ4n) is 3.85. The lowest BCUT2D eigenvalue weighted by Crippen LogP contribution is -2.41. The molecule has 0 saturated carbocycles. The molecule has 32 heavy (non-hydrogen) atoms. The molecule has 10 nitrogen and oxygen atoms in total. The molecule has 0 radical (unpaired) electrons. The van der Waals surface area contributed by atoms with E-state index in [-0.39, 0.29) is 6.04 Å². The lowest BCUT2D eigenvalue weighted by molar-refractivity contribution is -0.363. The van der Waals surface area contributed by atoms with E-state index in [4.69, 9.17) is 16.5 Å². The van der Waals surface area contributed by atoms with Gasteiger partial charge in [-0.05, 0) is 30.3 Å². The first-order chi connectivity index (χ1) is 15.6. The van der Waals surface area contributed by atoms with E-state index in [1.54, 1.807) is 30.6 Å². The van der Waals surface area contributed by atoms with E-state index >= 15 is 0 Å². The minimum atomic E-state index is -0.472. The first-order valence-corrected chi connectivity index (χ1v) is 10.5. The Hall–Kier alpha value is -4.05. The van der Waals surface area contributed by atoms with Gasteiger partial charge in [0, 0.05) is 41.8 Å². The van der Waals surface area contributed by atoms with Crippen molar-refractivity contribution >= 4 is 34.5 Å². The van der Waals surface area contributed by atoms with Crippen LogP contribution in [-0.2, 0) is 0 Å². The SMILES string of the molecule is NC(=O)c1ccc(Nc2nc(-c3ccc(N4CCC(N)CC4)[nH+]c3)c3[nH]cnc3n2)cc1. The van der Waals surface area contributed by atoms with Gasteiger partial charge in [-0.2, -0.15) is 4.98 Å². The zero-order valence-corrected chi connectivity index (χ0v) is 17.4. The largest absolute Gasteiger partial charge is 0.366 e. The van der Waals surface area contributed by atoms with Crippen LogP contribution in [0.15, 0.2) is 48.9 Å². The Morgan fingerprint density at radius 1 is 1.12 bits per heavy atom. The molecular weight excluding hydrogens is 406 g/mol. The summed E-state index contributed by atoms with van der Waals surface area (Å²) in [5, 5.41) is 3.17. The fourth-order valence-corrected chi connectivity index (χ4v) is 3.85. The van der Waals surface area contributed by atoms with Crippen LogP contribution < -0.4 is 26.7 Å². The van der Waals surface area contributed by atoms with Crippen LogP contribution in [0.4, 0.5) is 17.5 Å². The summed E-state index contributed by atoms with van der Waals surface area (Å²) >= 11 is 0. The zero-order valence-electron chi connectivity index (χ0n) is 17.4. The Labute approximate surface area is 184 Å². The molecule has 0 spiro atoms. The highest BCUT2D eigenvalue weighted by Gasteiger charge is 2.23. The van der Waals surface area contributed by atoms with Crippen LogP contribution in [0.2, 0.25) is 0 Å². The number of rotatable bonds is 5. The maximum absolute atomic E-state index is 11.3. The Morgan fingerprint density at radius 2 is 1.91 bits per heavy atom. The number of amides is 1. The van der Waals surface area contributed by atoms with E-state index in [0.29, 0.717) is 17.2 Å². The summed E-state index contributed by atoms with van der Waals surface area (Å²) < 4.78 is 0. The number of primary amides is 1. The normalized spacial score (nSPS) is 14.6. The van der Waals surface area contributed by atoms with Gasteiger partial charge in [0.05, 0.1) is 25.6 Å². The average molecular weight is 430 g/mol. The minimum Gasteiger partial charge on any atom is -0.366 e. The molecule has 0 bridgehead atoms. The van der Waals surface area contributed by atoms with Crippen molar-refractivity contribution < 1.29 is 9.78 Å². The van der Waals surface area contributed by atoms with Crippen molar-refractivity contribution in [2.75, 3.05) is 23.3 Å². The highest BCUT2D eigenvalue weighted by atomic mass is 16.1. The Morgan fingerprint density at radius 3 is 2.59 bits per heavy atom.